The molecule has 3 rings (SSSR count). The molecule has 32 heavy (non-hydrogen) atoms. The van der Waals surface area contributed by atoms with E-state index in [1.807, 2.05) is 0 Å². The van der Waals surface area contributed by atoms with Crippen LogP contribution in [0.15, 0.2) is 36.4 Å². The first kappa shape index (κ1) is 23.4. The van der Waals surface area contributed by atoms with Gasteiger partial charge < -0.3 is 15.2 Å². The van der Waals surface area contributed by atoms with Gasteiger partial charge in [0.25, 0.3) is 5.69 Å². The summed E-state index contributed by atoms with van der Waals surface area (Å²) in [6.07, 6.45) is -4.62. The molecule has 0 spiro atoms. The first-order valence-corrected chi connectivity index (χ1v) is 9.24. The summed E-state index contributed by atoms with van der Waals surface area (Å²) in [7, 11) is 0. The monoisotopic (exact) mass is 460 g/mol. The summed E-state index contributed by atoms with van der Waals surface area (Å²) in [6.45, 7) is 0.488. The predicted octanol–water partition coefficient (Wildman–Crippen LogP) is 4.24. The average molecular weight is 460 g/mol. The van der Waals surface area contributed by atoms with Crippen LogP contribution < -0.4 is 10.1 Å². The number of carbonyl (C=O) groups is 1. The quantitative estimate of drug-likeness (QED) is 0.347. The molecule has 0 saturated heterocycles. The second-order valence-corrected chi connectivity index (χ2v) is 7.66. The lowest BCUT2D eigenvalue weighted by atomic mass is 9.93. The maximum Gasteiger partial charge on any atom is 0.423 e. The van der Waals surface area contributed by atoms with Gasteiger partial charge in [-0.2, -0.15) is 13.2 Å². The van der Waals surface area contributed by atoms with E-state index in [0.717, 1.165) is 31.2 Å². The minimum atomic E-state index is -5.00. The summed E-state index contributed by atoms with van der Waals surface area (Å²) in [6, 6.07) is 4.87. The van der Waals surface area contributed by atoms with Crippen molar-refractivity contribution in [3.05, 3.63) is 63.7 Å². The fourth-order valence-electron chi connectivity index (χ4n) is 3.18. The normalized spacial score (nSPS) is 16.7. The number of carbonyl (C=O) groups excluding carboxylic acids is 1. The molecule has 0 heterocycles. The van der Waals surface area contributed by atoms with Gasteiger partial charge in [-0.05, 0) is 44.0 Å². The Balaban J connectivity index is 1.77. The van der Waals surface area contributed by atoms with E-state index < -0.39 is 57.5 Å². The van der Waals surface area contributed by atoms with E-state index in [9.17, 15) is 42.0 Å². The van der Waals surface area contributed by atoms with Crippen molar-refractivity contribution in [2.24, 2.45) is 0 Å². The van der Waals surface area contributed by atoms with Crippen LogP contribution in [0.3, 0.4) is 0 Å². The maximum absolute atomic E-state index is 13.3. The lowest BCUT2D eigenvalue weighted by molar-refractivity contribution is -0.388. The molecule has 1 aliphatic carbocycles. The number of hydrogen-bond acceptors (Lipinski definition) is 6. The standard InChI is InChI=1S/C20H17F5N2O5/c1-18(29,10-32-12-3-4-14(21)15(22)9-12)17(28)19(6-7-19)26-11-2-5-16(27(30)31)13(8-11)20(23,24)25/h2-5,8-9,26,29H,6-7,10H2,1H3/t18-/m0/s1. The highest BCUT2D eigenvalue weighted by Gasteiger charge is 2.56. The van der Waals surface area contributed by atoms with E-state index in [1.165, 1.54) is 0 Å². The van der Waals surface area contributed by atoms with Crippen molar-refractivity contribution in [2.75, 3.05) is 11.9 Å². The van der Waals surface area contributed by atoms with E-state index in [4.69, 9.17) is 4.74 Å². The van der Waals surface area contributed by atoms with E-state index >= 15 is 0 Å². The second-order valence-electron chi connectivity index (χ2n) is 7.66. The van der Waals surface area contributed by atoms with Crippen LogP contribution in [0.5, 0.6) is 5.75 Å². The largest absolute Gasteiger partial charge is 0.490 e. The van der Waals surface area contributed by atoms with Crippen molar-refractivity contribution in [3.63, 3.8) is 0 Å². The Bertz CT molecular complexity index is 1070. The van der Waals surface area contributed by atoms with Gasteiger partial charge in [0.15, 0.2) is 23.0 Å². The summed E-state index contributed by atoms with van der Waals surface area (Å²) in [5.41, 5.74) is -6.33. The summed E-state index contributed by atoms with van der Waals surface area (Å²) >= 11 is 0. The maximum atomic E-state index is 13.3. The summed E-state index contributed by atoms with van der Waals surface area (Å²) < 4.78 is 71.0. The molecule has 1 atom stereocenters. The summed E-state index contributed by atoms with van der Waals surface area (Å²) in [5.74, 6) is -3.23. The molecule has 0 radical (unpaired) electrons. The summed E-state index contributed by atoms with van der Waals surface area (Å²) in [4.78, 5) is 22.6. The van der Waals surface area contributed by atoms with Crippen molar-refractivity contribution >= 4 is 17.2 Å². The number of anilines is 1. The third-order valence-corrected chi connectivity index (χ3v) is 4.97. The zero-order chi connectivity index (χ0) is 23.9. The molecule has 1 aliphatic rings. The Labute approximate surface area is 178 Å². The molecule has 0 aromatic heterocycles. The molecule has 0 aliphatic heterocycles. The minimum absolute atomic E-state index is 0.139. The van der Waals surface area contributed by atoms with E-state index in [2.05, 4.69) is 5.32 Å². The average Bonchev–Trinajstić information content (AvgIpc) is 3.48. The molecule has 2 N–H and O–H groups in total. The van der Waals surface area contributed by atoms with Crippen LogP contribution in [-0.2, 0) is 11.0 Å². The minimum Gasteiger partial charge on any atom is -0.490 e. The molecule has 0 bridgehead atoms. The van der Waals surface area contributed by atoms with Gasteiger partial charge in [0.2, 0.25) is 0 Å². The van der Waals surface area contributed by atoms with Gasteiger partial charge in [-0.15, -0.1) is 0 Å². The number of alkyl halides is 3. The molecule has 2 aromatic carbocycles. The van der Waals surface area contributed by atoms with E-state index in [1.54, 1.807) is 0 Å². The van der Waals surface area contributed by atoms with Crippen LogP contribution in [0.1, 0.15) is 25.3 Å². The number of Topliss-reactive ketones (excluding diaryl/α,β-unsaturated/α-hetero) is 1. The van der Waals surface area contributed by atoms with Crippen LogP contribution in [0.4, 0.5) is 33.3 Å². The number of aliphatic hydroxyl groups is 1. The first-order valence-electron chi connectivity index (χ1n) is 9.24. The molecule has 1 saturated carbocycles. The van der Waals surface area contributed by atoms with Crippen LogP contribution in [0, 0.1) is 21.7 Å². The number of hydrogen-bond donors (Lipinski definition) is 2. The van der Waals surface area contributed by atoms with Crippen molar-refractivity contribution in [1.82, 2.24) is 0 Å². The molecule has 2 aromatic rings. The van der Waals surface area contributed by atoms with E-state index in [-0.39, 0.29) is 24.3 Å². The zero-order valence-corrected chi connectivity index (χ0v) is 16.5. The number of nitrogens with one attached hydrogen (secondary N) is 1. The lowest BCUT2D eigenvalue weighted by Gasteiger charge is -2.28. The number of benzene rings is 2. The number of nitrogens with zero attached hydrogens (tertiary/aromatic N) is 1. The number of ketones is 1. The number of rotatable bonds is 8. The predicted molar refractivity (Wildman–Crippen MR) is 101 cm³/mol. The molecular weight excluding hydrogens is 443 g/mol. The highest BCUT2D eigenvalue weighted by Crippen LogP contribution is 2.44. The van der Waals surface area contributed by atoms with Gasteiger partial charge in [0.1, 0.15) is 17.9 Å². The topological polar surface area (TPSA) is 102 Å². The van der Waals surface area contributed by atoms with Gasteiger partial charge in [0, 0.05) is 17.8 Å². The van der Waals surface area contributed by atoms with Crippen molar-refractivity contribution < 1.29 is 41.5 Å². The lowest BCUT2D eigenvalue weighted by Crippen LogP contribution is -2.51. The van der Waals surface area contributed by atoms with Crippen molar-refractivity contribution in [1.29, 1.82) is 0 Å². The molecule has 172 valence electrons. The fourth-order valence-corrected chi connectivity index (χ4v) is 3.18. The first-order chi connectivity index (χ1) is 14.7. The number of halogens is 5. The Kier molecular flexibility index (Phi) is 5.85. The Hall–Kier alpha value is -3.28. The molecule has 1 fully saturated rings. The van der Waals surface area contributed by atoms with Gasteiger partial charge in [0.05, 0.1) is 10.5 Å². The molecule has 0 amide bonds. The van der Waals surface area contributed by atoms with Crippen LogP contribution in [-0.4, -0.2) is 33.6 Å². The van der Waals surface area contributed by atoms with Crippen LogP contribution >= 0.6 is 0 Å². The van der Waals surface area contributed by atoms with Gasteiger partial charge >= 0.3 is 6.18 Å². The van der Waals surface area contributed by atoms with Gasteiger partial charge in [-0.3, -0.25) is 14.9 Å². The number of ether oxygens (including phenoxy) is 1. The Morgan fingerprint density at radius 1 is 1.19 bits per heavy atom. The SMILES string of the molecule is C[C@](O)(COc1ccc(F)c(F)c1)C(=O)C1(Nc2ccc([N+](=O)[O-])c(C(F)(F)F)c2)CC1. The summed E-state index contributed by atoms with van der Waals surface area (Å²) in [5, 5.41) is 24.1. The second kappa shape index (κ2) is 8.01. The van der Waals surface area contributed by atoms with Crippen LogP contribution in [0.25, 0.3) is 0 Å². The van der Waals surface area contributed by atoms with Crippen molar-refractivity contribution in [3.8, 4) is 5.75 Å². The highest BCUT2D eigenvalue weighted by atomic mass is 19.4. The van der Waals surface area contributed by atoms with E-state index in [0.29, 0.717) is 12.1 Å². The third kappa shape index (κ3) is 4.79. The third-order valence-electron chi connectivity index (χ3n) is 4.97. The van der Waals surface area contributed by atoms with Gasteiger partial charge in [-0.1, -0.05) is 0 Å². The van der Waals surface area contributed by atoms with Gasteiger partial charge in [-0.25, -0.2) is 8.78 Å². The highest BCUT2D eigenvalue weighted by molar-refractivity contribution is 6.00. The molecule has 0 unspecified atom stereocenters. The number of nitro benzene ring substituents is 1. The molecule has 12 heteroatoms. The number of nitro groups is 1. The zero-order valence-electron chi connectivity index (χ0n) is 16.5. The Morgan fingerprint density at radius 2 is 1.84 bits per heavy atom. The molecule has 7 nitrogen and oxygen atoms in total. The Morgan fingerprint density at radius 3 is 2.38 bits per heavy atom. The molecular formula is C20H17F5N2O5. The van der Waals surface area contributed by atoms with Crippen molar-refractivity contribution in [2.45, 2.75) is 37.1 Å². The van der Waals surface area contributed by atoms with Crippen LogP contribution in [0.2, 0.25) is 0 Å². The smallest absolute Gasteiger partial charge is 0.423 e. The fraction of sp³-hybridized carbons (Fsp3) is 0.350.